The van der Waals surface area contributed by atoms with E-state index < -0.39 is 0 Å². The molecule has 0 spiro atoms. The van der Waals surface area contributed by atoms with Gasteiger partial charge in [-0.05, 0) is 39.2 Å². The van der Waals surface area contributed by atoms with Gasteiger partial charge in [0, 0.05) is 36.9 Å². The van der Waals surface area contributed by atoms with E-state index in [2.05, 4.69) is 27.1 Å². The quantitative estimate of drug-likeness (QED) is 0.912. The van der Waals surface area contributed by atoms with Crippen molar-refractivity contribution in [2.75, 3.05) is 18.0 Å². The van der Waals surface area contributed by atoms with Gasteiger partial charge in [-0.15, -0.1) is 0 Å². The second-order valence-electron chi connectivity index (χ2n) is 5.58. The van der Waals surface area contributed by atoms with Crippen molar-refractivity contribution in [1.29, 1.82) is 0 Å². The fourth-order valence-electron chi connectivity index (χ4n) is 2.39. The molecule has 1 aliphatic rings. The average molecular weight is 276 g/mol. The lowest BCUT2D eigenvalue weighted by Crippen LogP contribution is -2.43. The number of carbonyl (C=O) groups is 1. The molecule has 1 atom stereocenters. The molecule has 1 amide bonds. The minimum absolute atomic E-state index is 0.130. The van der Waals surface area contributed by atoms with Gasteiger partial charge in [-0.3, -0.25) is 4.79 Å². The zero-order valence-corrected chi connectivity index (χ0v) is 12.6. The summed E-state index contributed by atoms with van der Waals surface area (Å²) in [6, 6.07) is 2.16. The van der Waals surface area contributed by atoms with Crippen LogP contribution < -0.4 is 10.2 Å². The third kappa shape index (κ3) is 3.68. The van der Waals surface area contributed by atoms with Crippen LogP contribution in [0.5, 0.6) is 0 Å². The van der Waals surface area contributed by atoms with E-state index in [0.717, 1.165) is 44.0 Å². The summed E-state index contributed by atoms with van der Waals surface area (Å²) in [6.45, 7) is 7.80. The van der Waals surface area contributed by atoms with Crippen LogP contribution in [0.1, 0.15) is 38.8 Å². The molecule has 1 unspecified atom stereocenters. The van der Waals surface area contributed by atoms with Crippen molar-refractivity contribution >= 4 is 11.9 Å². The van der Waals surface area contributed by atoms with E-state index in [4.69, 9.17) is 0 Å². The Balaban J connectivity index is 1.87. The number of anilines is 1. The second-order valence-corrected chi connectivity index (χ2v) is 5.58. The number of hydrogen-bond donors (Lipinski definition) is 1. The molecule has 0 aliphatic carbocycles. The first-order chi connectivity index (χ1) is 9.60. The number of rotatable bonds is 4. The van der Waals surface area contributed by atoms with Crippen molar-refractivity contribution in [2.45, 2.75) is 46.1 Å². The van der Waals surface area contributed by atoms with E-state index >= 15 is 0 Å². The normalized spacial score (nSPS) is 17.9. The number of carbonyl (C=O) groups excluding carboxylic acids is 1. The van der Waals surface area contributed by atoms with Crippen LogP contribution in [0.15, 0.2) is 12.3 Å². The van der Waals surface area contributed by atoms with E-state index in [9.17, 15) is 4.79 Å². The maximum absolute atomic E-state index is 12.1. The molecule has 1 N–H and O–H groups in total. The van der Waals surface area contributed by atoms with Crippen molar-refractivity contribution in [3.05, 3.63) is 18.0 Å². The molecule has 2 rings (SSSR count). The third-order valence-electron chi connectivity index (χ3n) is 3.93. The summed E-state index contributed by atoms with van der Waals surface area (Å²) in [5.74, 6) is 1.11. The predicted molar refractivity (Wildman–Crippen MR) is 79.6 cm³/mol. The number of nitrogens with zero attached hydrogens (tertiary/aromatic N) is 3. The van der Waals surface area contributed by atoms with Crippen molar-refractivity contribution in [3.8, 4) is 0 Å². The Kier molecular flexibility index (Phi) is 4.93. The lowest BCUT2D eigenvalue weighted by Gasteiger charge is -2.31. The van der Waals surface area contributed by atoms with Gasteiger partial charge in [0.25, 0.3) is 0 Å². The maximum atomic E-state index is 12.1. The molecule has 0 saturated carbocycles. The number of nitrogens with one attached hydrogen (secondary N) is 1. The van der Waals surface area contributed by atoms with Gasteiger partial charge in [-0.25, -0.2) is 9.97 Å². The molecule has 0 radical (unpaired) electrons. The Bertz CT molecular complexity index is 455. The zero-order valence-electron chi connectivity index (χ0n) is 12.6. The fourth-order valence-corrected chi connectivity index (χ4v) is 2.39. The Morgan fingerprint density at radius 1 is 1.50 bits per heavy atom. The van der Waals surface area contributed by atoms with Gasteiger partial charge in [0.15, 0.2) is 0 Å². The van der Waals surface area contributed by atoms with Gasteiger partial charge in [0.1, 0.15) is 0 Å². The summed E-state index contributed by atoms with van der Waals surface area (Å²) >= 11 is 0. The Hall–Kier alpha value is -1.65. The minimum Gasteiger partial charge on any atom is -0.353 e. The predicted octanol–water partition coefficient (Wildman–Crippen LogP) is 1.92. The van der Waals surface area contributed by atoms with Crippen LogP contribution in [0.4, 0.5) is 5.95 Å². The van der Waals surface area contributed by atoms with Crippen molar-refractivity contribution < 1.29 is 4.79 Å². The van der Waals surface area contributed by atoms with Gasteiger partial charge in [0.05, 0.1) is 0 Å². The summed E-state index contributed by atoms with van der Waals surface area (Å²) in [7, 11) is 0. The molecule has 1 aliphatic heterocycles. The average Bonchev–Trinajstić information content (AvgIpc) is 2.47. The SMILES string of the molecule is CCC(C)NC(=O)C1CCN(c2nccc(C)n2)CC1. The largest absolute Gasteiger partial charge is 0.353 e. The standard InChI is InChI=1S/C15H24N4O/c1-4-11(2)17-14(20)13-6-9-19(10-7-13)15-16-8-5-12(3)18-15/h5,8,11,13H,4,6-7,9-10H2,1-3H3,(H,17,20). The van der Waals surface area contributed by atoms with Gasteiger partial charge in [-0.1, -0.05) is 6.92 Å². The maximum Gasteiger partial charge on any atom is 0.225 e. The van der Waals surface area contributed by atoms with E-state index in [1.54, 1.807) is 6.20 Å². The second kappa shape index (κ2) is 6.68. The number of aryl methyl sites for hydroxylation is 1. The van der Waals surface area contributed by atoms with Crippen molar-refractivity contribution in [2.24, 2.45) is 5.92 Å². The number of aromatic nitrogens is 2. The molecule has 1 fully saturated rings. The highest BCUT2D eigenvalue weighted by Gasteiger charge is 2.26. The first-order valence-electron chi connectivity index (χ1n) is 7.45. The van der Waals surface area contributed by atoms with Gasteiger partial charge < -0.3 is 10.2 Å². The Labute approximate surface area is 120 Å². The molecule has 1 aromatic heterocycles. The Morgan fingerprint density at radius 2 is 2.20 bits per heavy atom. The highest BCUT2D eigenvalue weighted by molar-refractivity contribution is 5.79. The highest BCUT2D eigenvalue weighted by Crippen LogP contribution is 2.21. The van der Waals surface area contributed by atoms with E-state index in [-0.39, 0.29) is 17.9 Å². The van der Waals surface area contributed by atoms with Crippen LogP contribution in [0.3, 0.4) is 0 Å². The van der Waals surface area contributed by atoms with Gasteiger partial charge in [-0.2, -0.15) is 0 Å². The highest BCUT2D eigenvalue weighted by atomic mass is 16.1. The van der Waals surface area contributed by atoms with Crippen LogP contribution in [0.25, 0.3) is 0 Å². The van der Waals surface area contributed by atoms with Crippen molar-refractivity contribution in [1.82, 2.24) is 15.3 Å². The van der Waals surface area contributed by atoms with Crippen LogP contribution in [0, 0.1) is 12.8 Å². The summed E-state index contributed by atoms with van der Waals surface area (Å²) in [5, 5.41) is 3.07. The summed E-state index contributed by atoms with van der Waals surface area (Å²) in [4.78, 5) is 23.0. The lowest BCUT2D eigenvalue weighted by atomic mass is 9.95. The monoisotopic (exact) mass is 276 g/mol. The van der Waals surface area contributed by atoms with Gasteiger partial charge in [0.2, 0.25) is 11.9 Å². The third-order valence-corrected chi connectivity index (χ3v) is 3.93. The van der Waals surface area contributed by atoms with E-state index in [1.165, 1.54) is 0 Å². The van der Waals surface area contributed by atoms with Crippen molar-refractivity contribution in [3.63, 3.8) is 0 Å². The molecule has 1 saturated heterocycles. The van der Waals surface area contributed by atoms with Crippen LogP contribution in [-0.4, -0.2) is 35.0 Å². The minimum atomic E-state index is 0.130. The molecule has 5 nitrogen and oxygen atoms in total. The lowest BCUT2D eigenvalue weighted by molar-refractivity contribution is -0.126. The summed E-state index contributed by atoms with van der Waals surface area (Å²) in [5.41, 5.74) is 0.978. The van der Waals surface area contributed by atoms with Crippen LogP contribution >= 0.6 is 0 Å². The van der Waals surface area contributed by atoms with E-state index in [1.807, 2.05) is 19.9 Å². The number of amides is 1. The number of piperidine rings is 1. The molecule has 20 heavy (non-hydrogen) atoms. The Morgan fingerprint density at radius 3 is 2.80 bits per heavy atom. The molecule has 5 heteroatoms. The topological polar surface area (TPSA) is 58.1 Å². The van der Waals surface area contributed by atoms with Crippen LogP contribution in [0.2, 0.25) is 0 Å². The van der Waals surface area contributed by atoms with E-state index in [0.29, 0.717) is 0 Å². The molecule has 2 heterocycles. The molecule has 0 bridgehead atoms. The number of hydrogen-bond acceptors (Lipinski definition) is 4. The molecule has 1 aromatic rings. The first-order valence-corrected chi connectivity index (χ1v) is 7.45. The smallest absolute Gasteiger partial charge is 0.225 e. The molecule has 110 valence electrons. The zero-order chi connectivity index (χ0) is 14.5. The van der Waals surface area contributed by atoms with Crippen LogP contribution in [-0.2, 0) is 4.79 Å². The summed E-state index contributed by atoms with van der Waals surface area (Å²) < 4.78 is 0. The summed E-state index contributed by atoms with van der Waals surface area (Å²) in [6.07, 6.45) is 4.51. The van der Waals surface area contributed by atoms with Gasteiger partial charge >= 0.3 is 0 Å². The fraction of sp³-hybridized carbons (Fsp3) is 0.667. The molecular formula is C15H24N4O. The molecule has 0 aromatic carbocycles. The molecular weight excluding hydrogens is 252 g/mol. The first kappa shape index (κ1) is 14.8.